The Balaban J connectivity index is 1.92. The van der Waals surface area contributed by atoms with Crippen LogP contribution in [0, 0.1) is 0 Å². The average molecular weight is 384 g/mol. The van der Waals surface area contributed by atoms with Crippen LogP contribution in [0.2, 0.25) is 0 Å². The van der Waals surface area contributed by atoms with E-state index < -0.39 is 11.9 Å². The van der Waals surface area contributed by atoms with E-state index in [2.05, 4.69) is 12.2 Å². The molecule has 3 N–H and O–H groups in total. The maximum absolute atomic E-state index is 12.5. The molecule has 0 aromatic heterocycles. The molecule has 0 fully saturated rings. The van der Waals surface area contributed by atoms with Crippen LogP contribution in [-0.2, 0) is 11.2 Å². The Hall–Kier alpha value is -2.86. The molecule has 2 aromatic carbocycles. The molecule has 0 unspecified atom stereocenters. The first-order valence-electron chi connectivity index (χ1n) is 9.65. The highest BCUT2D eigenvalue weighted by molar-refractivity contribution is 5.97. The second kappa shape index (κ2) is 11.8. The Bertz CT molecular complexity index is 732. The first kappa shape index (κ1) is 21.4. The molecule has 2 amide bonds. The van der Waals surface area contributed by atoms with Crippen LogP contribution in [0.1, 0.15) is 48.5 Å². The van der Waals surface area contributed by atoms with Crippen molar-refractivity contribution in [2.24, 2.45) is 0 Å². The third-order valence-electron chi connectivity index (χ3n) is 4.40. The van der Waals surface area contributed by atoms with Gasteiger partial charge in [0.15, 0.2) is 0 Å². The molecule has 0 aliphatic heterocycles. The van der Waals surface area contributed by atoms with Crippen molar-refractivity contribution >= 4 is 11.8 Å². The van der Waals surface area contributed by atoms with Crippen LogP contribution < -0.4 is 15.5 Å². The summed E-state index contributed by atoms with van der Waals surface area (Å²) in [6.07, 6.45) is 4.82. The Morgan fingerprint density at radius 1 is 1.00 bits per heavy atom. The quantitative estimate of drug-likeness (QED) is 0.314. The van der Waals surface area contributed by atoms with Crippen molar-refractivity contribution in [3.63, 3.8) is 0 Å². The van der Waals surface area contributed by atoms with E-state index in [-0.39, 0.29) is 12.3 Å². The Labute approximate surface area is 165 Å². The van der Waals surface area contributed by atoms with E-state index in [4.69, 9.17) is 9.94 Å². The van der Waals surface area contributed by atoms with Crippen LogP contribution in [0.5, 0.6) is 5.75 Å². The first-order valence-corrected chi connectivity index (χ1v) is 9.65. The first-order chi connectivity index (χ1) is 13.6. The summed E-state index contributed by atoms with van der Waals surface area (Å²) in [6, 6.07) is 15.2. The highest BCUT2D eigenvalue weighted by Gasteiger charge is 2.21. The van der Waals surface area contributed by atoms with E-state index >= 15 is 0 Å². The summed E-state index contributed by atoms with van der Waals surface area (Å²) >= 11 is 0. The van der Waals surface area contributed by atoms with Crippen molar-refractivity contribution in [3.8, 4) is 5.75 Å². The summed E-state index contributed by atoms with van der Waals surface area (Å²) < 4.78 is 5.67. The number of unbranched alkanes of at least 4 members (excludes halogenated alkanes) is 3. The zero-order valence-electron chi connectivity index (χ0n) is 16.2. The number of amides is 2. The lowest BCUT2D eigenvalue weighted by Gasteiger charge is -2.17. The topological polar surface area (TPSA) is 87.7 Å². The predicted octanol–water partition coefficient (Wildman–Crippen LogP) is 3.49. The van der Waals surface area contributed by atoms with Gasteiger partial charge in [0.2, 0.25) is 0 Å². The number of carbonyl (C=O) groups excluding carboxylic acids is 2. The smallest absolute Gasteiger partial charge is 0.266 e. The molecule has 0 aliphatic rings. The summed E-state index contributed by atoms with van der Waals surface area (Å²) in [5.41, 5.74) is 2.91. The second-order valence-electron chi connectivity index (χ2n) is 6.63. The third kappa shape index (κ3) is 7.04. The summed E-state index contributed by atoms with van der Waals surface area (Å²) in [7, 11) is 0. The summed E-state index contributed by atoms with van der Waals surface area (Å²) in [5, 5.41) is 11.6. The number of ether oxygens (including phenoxy) is 1. The lowest BCUT2D eigenvalue weighted by atomic mass is 10.0. The van der Waals surface area contributed by atoms with Crippen molar-refractivity contribution in [2.75, 3.05) is 6.61 Å². The molecule has 1 atom stereocenters. The molecule has 0 spiro atoms. The van der Waals surface area contributed by atoms with Crippen LogP contribution in [-0.4, -0.2) is 29.7 Å². The third-order valence-corrected chi connectivity index (χ3v) is 4.40. The second-order valence-corrected chi connectivity index (χ2v) is 6.63. The molecular formula is C22H28N2O4. The van der Waals surface area contributed by atoms with Gasteiger partial charge in [0.1, 0.15) is 11.8 Å². The maximum Gasteiger partial charge on any atom is 0.266 e. The summed E-state index contributed by atoms with van der Waals surface area (Å²) in [4.78, 5) is 24.4. The van der Waals surface area contributed by atoms with Gasteiger partial charge >= 0.3 is 0 Å². The van der Waals surface area contributed by atoms with Gasteiger partial charge in [-0.3, -0.25) is 14.8 Å². The van der Waals surface area contributed by atoms with E-state index in [0.29, 0.717) is 17.9 Å². The molecule has 0 saturated heterocycles. The monoisotopic (exact) mass is 384 g/mol. The van der Waals surface area contributed by atoms with Crippen LogP contribution in [0.25, 0.3) is 0 Å². The molecular weight excluding hydrogens is 356 g/mol. The van der Waals surface area contributed by atoms with Gasteiger partial charge < -0.3 is 10.1 Å². The lowest BCUT2D eigenvalue weighted by molar-refractivity contribution is -0.131. The fourth-order valence-corrected chi connectivity index (χ4v) is 2.80. The summed E-state index contributed by atoms with van der Waals surface area (Å²) in [5.74, 6) is -0.342. The highest BCUT2D eigenvalue weighted by Crippen LogP contribution is 2.14. The molecule has 0 aliphatic carbocycles. The van der Waals surface area contributed by atoms with E-state index in [0.717, 1.165) is 18.4 Å². The van der Waals surface area contributed by atoms with E-state index in [1.165, 1.54) is 12.8 Å². The van der Waals surface area contributed by atoms with Crippen LogP contribution in [0.3, 0.4) is 0 Å². The number of hydroxylamine groups is 1. The van der Waals surface area contributed by atoms with E-state index in [1.54, 1.807) is 29.7 Å². The molecule has 6 nitrogen and oxygen atoms in total. The predicted molar refractivity (Wildman–Crippen MR) is 107 cm³/mol. The molecule has 28 heavy (non-hydrogen) atoms. The number of hydrogen-bond acceptors (Lipinski definition) is 4. The van der Waals surface area contributed by atoms with Gasteiger partial charge in [0, 0.05) is 12.0 Å². The SMILES string of the molecule is CCCCCCOc1ccc(C(=O)N[C@@H](Cc2ccccc2)C(=O)NO)cc1. The normalized spacial score (nSPS) is 11.5. The number of carbonyl (C=O) groups is 2. The molecule has 150 valence electrons. The van der Waals surface area contributed by atoms with Gasteiger partial charge in [-0.15, -0.1) is 0 Å². The van der Waals surface area contributed by atoms with Crippen molar-refractivity contribution < 1.29 is 19.5 Å². The Kier molecular flexibility index (Phi) is 9.01. The van der Waals surface area contributed by atoms with Gasteiger partial charge in [-0.25, -0.2) is 5.48 Å². The summed E-state index contributed by atoms with van der Waals surface area (Å²) in [6.45, 7) is 2.82. The van der Waals surface area contributed by atoms with E-state index in [1.807, 2.05) is 30.3 Å². The fraction of sp³-hybridized carbons (Fsp3) is 0.364. The number of rotatable bonds is 11. The van der Waals surface area contributed by atoms with Crippen molar-refractivity contribution in [3.05, 3.63) is 65.7 Å². The van der Waals surface area contributed by atoms with Crippen molar-refractivity contribution in [2.45, 2.75) is 45.1 Å². The fourth-order valence-electron chi connectivity index (χ4n) is 2.80. The number of hydrogen-bond donors (Lipinski definition) is 3. The Morgan fingerprint density at radius 2 is 1.71 bits per heavy atom. The Morgan fingerprint density at radius 3 is 2.36 bits per heavy atom. The standard InChI is InChI=1S/C22H28N2O4/c1-2-3-4-8-15-28-19-13-11-18(12-14-19)21(25)23-20(22(26)24-27)16-17-9-6-5-7-10-17/h5-7,9-14,20,27H,2-4,8,15-16H2,1H3,(H,23,25)(H,24,26)/t20-/m0/s1. The minimum Gasteiger partial charge on any atom is -0.494 e. The largest absolute Gasteiger partial charge is 0.494 e. The molecule has 2 aromatic rings. The van der Waals surface area contributed by atoms with Gasteiger partial charge in [-0.05, 0) is 36.2 Å². The highest BCUT2D eigenvalue weighted by atomic mass is 16.5. The molecule has 0 bridgehead atoms. The van der Waals surface area contributed by atoms with Gasteiger partial charge in [0.05, 0.1) is 6.61 Å². The molecule has 0 heterocycles. The molecule has 0 saturated carbocycles. The zero-order valence-corrected chi connectivity index (χ0v) is 16.2. The molecule has 2 rings (SSSR count). The minimum atomic E-state index is -0.880. The molecule has 6 heteroatoms. The zero-order chi connectivity index (χ0) is 20.2. The maximum atomic E-state index is 12.5. The van der Waals surface area contributed by atoms with Crippen molar-refractivity contribution in [1.29, 1.82) is 0 Å². The van der Waals surface area contributed by atoms with E-state index in [9.17, 15) is 9.59 Å². The van der Waals surface area contributed by atoms with Crippen LogP contribution in [0.15, 0.2) is 54.6 Å². The minimum absolute atomic E-state index is 0.276. The van der Waals surface area contributed by atoms with Crippen LogP contribution in [0.4, 0.5) is 0 Å². The van der Waals surface area contributed by atoms with Gasteiger partial charge in [-0.2, -0.15) is 0 Å². The number of benzene rings is 2. The molecule has 0 radical (unpaired) electrons. The van der Waals surface area contributed by atoms with Gasteiger partial charge in [0.25, 0.3) is 11.8 Å². The van der Waals surface area contributed by atoms with Crippen LogP contribution >= 0.6 is 0 Å². The van der Waals surface area contributed by atoms with Crippen molar-refractivity contribution in [1.82, 2.24) is 10.8 Å². The van der Waals surface area contributed by atoms with Gasteiger partial charge in [-0.1, -0.05) is 56.5 Å². The average Bonchev–Trinajstić information content (AvgIpc) is 2.73. The number of nitrogens with one attached hydrogen (secondary N) is 2. The lowest BCUT2D eigenvalue weighted by Crippen LogP contribution is -2.47.